The van der Waals surface area contributed by atoms with Crippen LogP contribution in [-0.2, 0) is 0 Å². The van der Waals surface area contributed by atoms with Crippen LogP contribution in [-0.4, -0.2) is 19.1 Å². The van der Waals surface area contributed by atoms with Crippen molar-refractivity contribution in [2.24, 2.45) is 0 Å². The number of rotatable bonds is 2. The number of hydrogen-bond acceptors (Lipinski definition) is 3. The average Bonchev–Trinajstić information content (AvgIpc) is 2.32. The Bertz CT molecular complexity index is 253. The van der Waals surface area contributed by atoms with Gasteiger partial charge < -0.3 is 17.7 Å². The molecular weight excluding hydrogens is 217 g/mol. The fourth-order valence-corrected chi connectivity index (χ4v) is 1.14. The van der Waals surface area contributed by atoms with Gasteiger partial charge in [-0.15, -0.1) is 11.3 Å². The van der Waals surface area contributed by atoms with Gasteiger partial charge in [0.05, 0.1) is 7.11 Å². The normalized spacial score (nSPS) is 10.7. The van der Waals surface area contributed by atoms with Crippen LogP contribution < -0.4 is 60.9 Å². The maximum absolute atomic E-state index is 11.9. The number of hydrogen-bond donors (Lipinski definition) is 0. The molecule has 0 aliphatic carbocycles. The summed E-state index contributed by atoms with van der Waals surface area (Å²) in [6, 6.07) is 0. The third-order valence-corrected chi connectivity index (χ3v) is 2.05. The molecule has 0 amide bonds. The Morgan fingerprint density at radius 1 is 1.50 bits per heavy atom. The molecule has 0 fully saturated rings. The van der Waals surface area contributed by atoms with Gasteiger partial charge in [0, 0.05) is 6.20 Å². The van der Waals surface area contributed by atoms with Crippen LogP contribution in [0, 0.1) is 0 Å². The van der Waals surface area contributed by atoms with Crippen LogP contribution in [0.25, 0.3) is 0 Å². The Kier molecular flexibility index (Phi) is 5.35. The molecule has 0 aromatic carbocycles. The molecule has 1 heterocycles. The fraction of sp³-hybridized carbons (Fsp3) is 0.250. The Morgan fingerprint density at radius 3 is 2.33 bits per heavy atom. The van der Waals surface area contributed by atoms with Gasteiger partial charge in [0.2, 0.25) is 0 Å². The molecule has 0 aliphatic rings. The van der Waals surface area contributed by atoms with Gasteiger partial charge in [-0.1, -0.05) is 0 Å². The molecule has 0 saturated carbocycles. The molecule has 8 heteroatoms. The van der Waals surface area contributed by atoms with Crippen molar-refractivity contribution in [1.82, 2.24) is 4.98 Å². The maximum atomic E-state index is 11.9. The smallest absolute Gasteiger partial charge is 0.473 e. The van der Waals surface area contributed by atoms with Gasteiger partial charge in [0.15, 0.2) is 0 Å². The largest absolute Gasteiger partial charge is 1.00 e. The van der Waals surface area contributed by atoms with E-state index in [0.717, 1.165) is 6.20 Å². The molecule has 62 valence electrons. The zero-order chi connectivity index (χ0) is 8.48. The number of thiazole rings is 1. The Hall–Kier alpha value is 0.921. The number of methoxy groups -OCH3 is 1. The maximum Gasteiger partial charge on any atom is 1.00 e. The van der Waals surface area contributed by atoms with Gasteiger partial charge >= 0.3 is 58.4 Å². The van der Waals surface area contributed by atoms with E-state index in [4.69, 9.17) is 0 Å². The summed E-state index contributed by atoms with van der Waals surface area (Å²) in [6.45, 7) is -4.91. The Balaban J connectivity index is 0.00000121. The topological polar surface area (TPSA) is 22.1 Å². The van der Waals surface area contributed by atoms with E-state index in [-0.39, 0.29) is 56.6 Å². The minimum atomic E-state index is -4.91. The van der Waals surface area contributed by atoms with Gasteiger partial charge in [-0.05, 0) is 4.78 Å². The van der Waals surface area contributed by atoms with E-state index < -0.39 is 11.8 Å². The van der Waals surface area contributed by atoms with Gasteiger partial charge in [-0.3, -0.25) is 0 Å². The number of nitrogens with zero attached hydrogens (tertiary/aromatic N) is 1. The summed E-state index contributed by atoms with van der Waals surface area (Å²) in [7, 11) is 1.28. The second kappa shape index (κ2) is 4.97. The first-order valence-electron chi connectivity index (χ1n) is 2.73. The van der Waals surface area contributed by atoms with Crippen LogP contribution in [0.5, 0.6) is 5.19 Å². The van der Waals surface area contributed by atoms with Crippen LogP contribution in [0.3, 0.4) is 0 Å². The molecule has 0 atom stereocenters. The molecule has 0 unspecified atom stereocenters. The van der Waals surface area contributed by atoms with Crippen molar-refractivity contribution in [1.29, 1.82) is 0 Å². The van der Waals surface area contributed by atoms with Gasteiger partial charge in [-0.2, -0.15) is 0 Å². The predicted octanol–water partition coefficient (Wildman–Crippen LogP) is -1.79. The molecule has 0 spiro atoms. The molecule has 2 nitrogen and oxygen atoms in total. The molecule has 1 aromatic rings. The van der Waals surface area contributed by atoms with Crippen LogP contribution in [0.2, 0.25) is 0 Å². The van der Waals surface area contributed by atoms with Crippen molar-refractivity contribution in [2.75, 3.05) is 7.11 Å². The Morgan fingerprint density at radius 2 is 2.08 bits per heavy atom. The summed E-state index contributed by atoms with van der Waals surface area (Å²) in [5.41, 5.74) is 0. The standard InChI is InChI=1S/C4H4BF3NOS.K/c1-10-4-9-2-3(11-4)5(6,7)8;/h2H,1H3;/q-1;+1. The summed E-state index contributed by atoms with van der Waals surface area (Å²) in [5.74, 6) is 0. The molecule has 1 aromatic heterocycles. The number of ether oxygens (including phenoxy) is 1. The minimum Gasteiger partial charge on any atom is -0.473 e. The second-order valence-electron chi connectivity index (χ2n) is 1.81. The molecular formula is C4H4BF3KNOS. The third-order valence-electron chi connectivity index (χ3n) is 1.000. The quantitative estimate of drug-likeness (QED) is 0.550. The summed E-state index contributed by atoms with van der Waals surface area (Å²) in [6.07, 6.45) is 0.781. The van der Waals surface area contributed by atoms with Crippen LogP contribution in [0.15, 0.2) is 6.20 Å². The van der Waals surface area contributed by atoms with Gasteiger partial charge in [0.1, 0.15) is 0 Å². The van der Waals surface area contributed by atoms with E-state index in [2.05, 4.69) is 9.72 Å². The van der Waals surface area contributed by atoms with E-state index in [1.807, 2.05) is 0 Å². The van der Waals surface area contributed by atoms with Crippen molar-refractivity contribution in [3.8, 4) is 5.19 Å². The fourth-order valence-electron chi connectivity index (χ4n) is 0.516. The molecule has 0 radical (unpaired) electrons. The molecule has 0 aliphatic heterocycles. The van der Waals surface area contributed by atoms with Crippen LogP contribution >= 0.6 is 11.3 Å². The van der Waals surface area contributed by atoms with Crippen molar-refractivity contribution >= 4 is 23.1 Å². The Labute approximate surface area is 114 Å². The monoisotopic (exact) mass is 221 g/mol. The first kappa shape index (κ1) is 12.9. The number of aromatic nitrogens is 1. The zero-order valence-electron chi connectivity index (χ0n) is 6.55. The minimum absolute atomic E-state index is 0. The summed E-state index contributed by atoms with van der Waals surface area (Å²) in [5, 5.41) is 0.0409. The van der Waals surface area contributed by atoms with Crippen molar-refractivity contribution in [3.05, 3.63) is 6.20 Å². The average molecular weight is 221 g/mol. The molecule has 0 saturated heterocycles. The molecule has 0 bridgehead atoms. The first-order valence-corrected chi connectivity index (χ1v) is 3.55. The second-order valence-corrected chi connectivity index (χ2v) is 2.83. The first-order chi connectivity index (χ1) is 5.04. The van der Waals surface area contributed by atoms with Crippen LogP contribution in [0.4, 0.5) is 12.9 Å². The van der Waals surface area contributed by atoms with Crippen molar-refractivity contribution < 1.29 is 69.1 Å². The number of halogens is 3. The van der Waals surface area contributed by atoms with Crippen LogP contribution in [0.1, 0.15) is 0 Å². The zero-order valence-corrected chi connectivity index (χ0v) is 10.5. The van der Waals surface area contributed by atoms with E-state index >= 15 is 0 Å². The van der Waals surface area contributed by atoms with Crippen molar-refractivity contribution in [3.63, 3.8) is 0 Å². The van der Waals surface area contributed by atoms with Gasteiger partial charge in [0.25, 0.3) is 5.19 Å². The molecule has 1 rings (SSSR count). The predicted molar refractivity (Wildman–Crippen MR) is 37.4 cm³/mol. The van der Waals surface area contributed by atoms with E-state index in [1.54, 1.807) is 0 Å². The van der Waals surface area contributed by atoms with E-state index in [0.29, 0.717) is 11.3 Å². The molecule has 0 N–H and O–H groups in total. The summed E-state index contributed by atoms with van der Waals surface area (Å²) in [4.78, 5) is 3.39. The third kappa shape index (κ3) is 3.35. The van der Waals surface area contributed by atoms with Crippen molar-refractivity contribution in [2.45, 2.75) is 0 Å². The van der Waals surface area contributed by atoms with E-state index in [9.17, 15) is 12.9 Å². The summed E-state index contributed by atoms with van der Waals surface area (Å²) >= 11 is 0.509. The molecule has 12 heavy (non-hydrogen) atoms. The van der Waals surface area contributed by atoms with E-state index in [1.165, 1.54) is 7.11 Å². The SMILES string of the molecule is COc1ncc([B-](F)(F)F)s1.[K+]. The summed E-state index contributed by atoms with van der Waals surface area (Å²) < 4.78 is 39.6. The van der Waals surface area contributed by atoms with Gasteiger partial charge in [-0.25, -0.2) is 4.98 Å².